The molecule has 0 aliphatic carbocycles. The quantitative estimate of drug-likeness (QED) is 0.296. The van der Waals surface area contributed by atoms with Gasteiger partial charge in [-0.15, -0.1) is 0 Å². The molecule has 0 unspecified atom stereocenters. The lowest BCUT2D eigenvalue weighted by Crippen LogP contribution is -2.24. The van der Waals surface area contributed by atoms with Gasteiger partial charge in [-0.25, -0.2) is 8.78 Å². The van der Waals surface area contributed by atoms with Gasteiger partial charge in [0.05, 0.1) is 16.7 Å². The molecular formula is C23H15F5N2O4. The molecule has 0 atom stereocenters. The van der Waals surface area contributed by atoms with Gasteiger partial charge in [0.15, 0.2) is 0 Å². The monoisotopic (exact) mass is 478 g/mol. The zero-order chi connectivity index (χ0) is 25.2. The van der Waals surface area contributed by atoms with Gasteiger partial charge < -0.3 is 15.8 Å². The zero-order valence-electron chi connectivity index (χ0n) is 17.3. The molecule has 3 aromatic rings. The van der Waals surface area contributed by atoms with E-state index in [4.69, 9.17) is 10.5 Å². The van der Waals surface area contributed by atoms with Crippen LogP contribution < -0.4 is 15.8 Å². The van der Waals surface area contributed by atoms with Crippen LogP contribution in [0.15, 0.2) is 54.6 Å². The molecule has 0 aliphatic rings. The molecule has 0 radical (unpaired) electrons. The number of primary amides is 1. The maximum Gasteiger partial charge on any atom is 0.416 e. The van der Waals surface area contributed by atoms with E-state index in [1.807, 2.05) is 0 Å². The first-order chi connectivity index (χ1) is 15.9. The number of nitrogens with two attached hydrogens (primary N) is 1. The molecule has 0 aromatic heterocycles. The second-order valence-electron chi connectivity index (χ2n) is 7.06. The molecule has 0 saturated heterocycles. The molecule has 34 heavy (non-hydrogen) atoms. The lowest BCUT2D eigenvalue weighted by Gasteiger charge is -2.16. The zero-order valence-corrected chi connectivity index (χ0v) is 17.3. The Hall–Kier alpha value is -4.28. The number of Topliss-reactive ketones (excluding diaryl/α,β-unsaturated/α-hetero) is 1. The van der Waals surface area contributed by atoms with Crippen molar-refractivity contribution in [3.63, 3.8) is 0 Å². The number of aryl methyl sites for hydroxylation is 1. The van der Waals surface area contributed by atoms with Gasteiger partial charge in [-0.3, -0.25) is 14.4 Å². The Morgan fingerprint density at radius 3 is 2.18 bits per heavy atom. The van der Waals surface area contributed by atoms with E-state index >= 15 is 0 Å². The van der Waals surface area contributed by atoms with Crippen molar-refractivity contribution >= 4 is 23.3 Å². The Bertz CT molecular complexity index is 1310. The van der Waals surface area contributed by atoms with Crippen LogP contribution in [0, 0.1) is 18.6 Å². The van der Waals surface area contributed by atoms with Gasteiger partial charge in [0.1, 0.15) is 23.1 Å². The summed E-state index contributed by atoms with van der Waals surface area (Å²) in [5, 5.41) is 2.23. The van der Waals surface area contributed by atoms with E-state index in [-0.39, 0.29) is 17.2 Å². The van der Waals surface area contributed by atoms with Crippen molar-refractivity contribution in [3.05, 3.63) is 88.5 Å². The average Bonchev–Trinajstić information content (AvgIpc) is 2.75. The van der Waals surface area contributed by atoms with E-state index in [9.17, 15) is 36.3 Å². The second kappa shape index (κ2) is 9.30. The van der Waals surface area contributed by atoms with Crippen molar-refractivity contribution in [3.8, 4) is 11.5 Å². The molecule has 0 saturated carbocycles. The SMILES string of the molecule is Cc1cc(F)ccc1Oc1ccc(C(F)(F)F)cc1C(=O)Nc1ccc(F)c(C(=O)C(N)=O)c1. The maximum atomic E-state index is 13.9. The molecule has 0 heterocycles. The molecule has 0 bridgehead atoms. The third-order valence-electron chi connectivity index (χ3n) is 4.60. The molecule has 3 rings (SSSR count). The Labute approximate surface area is 189 Å². The van der Waals surface area contributed by atoms with Crippen LogP contribution in [0.3, 0.4) is 0 Å². The summed E-state index contributed by atoms with van der Waals surface area (Å²) in [6.07, 6.45) is -4.78. The van der Waals surface area contributed by atoms with Crippen molar-refractivity contribution in [1.29, 1.82) is 0 Å². The van der Waals surface area contributed by atoms with Gasteiger partial charge in [-0.1, -0.05) is 0 Å². The highest BCUT2D eigenvalue weighted by Gasteiger charge is 2.32. The number of alkyl halides is 3. The number of carbonyl (C=O) groups is 3. The van der Waals surface area contributed by atoms with Gasteiger partial charge in [0.2, 0.25) is 0 Å². The van der Waals surface area contributed by atoms with E-state index < -0.39 is 52.1 Å². The van der Waals surface area contributed by atoms with Gasteiger partial charge in [-0.05, 0) is 67.1 Å². The molecule has 0 fully saturated rings. The predicted octanol–water partition coefficient (Wildman–Crippen LogP) is 5.00. The molecule has 2 amide bonds. The van der Waals surface area contributed by atoms with Crippen LogP contribution in [0.1, 0.15) is 31.8 Å². The smallest absolute Gasteiger partial charge is 0.416 e. The summed E-state index contributed by atoms with van der Waals surface area (Å²) in [7, 11) is 0. The number of rotatable bonds is 6. The van der Waals surface area contributed by atoms with Crippen LogP contribution in [0.2, 0.25) is 0 Å². The first kappa shape index (κ1) is 24.4. The van der Waals surface area contributed by atoms with E-state index in [1.54, 1.807) is 0 Å². The highest BCUT2D eigenvalue weighted by Crippen LogP contribution is 2.35. The highest BCUT2D eigenvalue weighted by molar-refractivity contribution is 6.42. The molecular weight excluding hydrogens is 463 g/mol. The summed E-state index contributed by atoms with van der Waals surface area (Å²) >= 11 is 0. The van der Waals surface area contributed by atoms with E-state index in [0.717, 1.165) is 36.4 Å². The van der Waals surface area contributed by atoms with Gasteiger partial charge in [-0.2, -0.15) is 13.2 Å². The standard InChI is InChI=1S/C23H15F5N2O4/c1-11-8-13(24)3-7-18(11)34-19-6-2-12(23(26,27)28)9-16(19)22(33)30-14-4-5-17(25)15(10-14)20(31)21(29)32/h2-10H,1H3,(H2,29,32)(H,30,33). The van der Waals surface area contributed by atoms with Crippen molar-refractivity contribution in [2.45, 2.75) is 13.1 Å². The van der Waals surface area contributed by atoms with E-state index in [2.05, 4.69) is 5.32 Å². The second-order valence-corrected chi connectivity index (χ2v) is 7.06. The normalized spacial score (nSPS) is 11.1. The summed E-state index contributed by atoms with van der Waals surface area (Å²) in [5.41, 5.74) is 2.56. The molecule has 176 valence electrons. The number of anilines is 1. The minimum Gasteiger partial charge on any atom is -0.456 e. The summed E-state index contributed by atoms with van der Waals surface area (Å²) in [5.74, 6) is -5.73. The Kier molecular flexibility index (Phi) is 6.66. The third kappa shape index (κ3) is 5.37. The fraction of sp³-hybridized carbons (Fsp3) is 0.0870. The topological polar surface area (TPSA) is 98.5 Å². The number of ketones is 1. The van der Waals surface area contributed by atoms with Crippen LogP contribution >= 0.6 is 0 Å². The number of hydrogen-bond donors (Lipinski definition) is 2. The van der Waals surface area contributed by atoms with Crippen LogP contribution in [-0.2, 0) is 11.0 Å². The number of hydrogen-bond acceptors (Lipinski definition) is 4. The van der Waals surface area contributed by atoms with Crippen molar-refractivity contribution in [2.75, 3.05) is 5.32 Å². The number of amides is 2. The van der Waals surface area contributed by atoms with Crippen LogP contribution in [0.4, 0.5) is 27.6 Å². The predicted molar refractivity (Wildman–Crippen MR) is 111 cm³/mol. The largest absolute Gasteiger partial charge is 0.456 e. The number of halogens is 5. The Morgan fingerprint density at radius 1 is 0.882 bits per heavy atom. The van der Waals surface area contributed by atoms with Gasteiger partial charge in [0.25, 0.3) is 17.6 Å². The maximum absolute atomic E-state index is 13.9. The summed E-state index contributed by atoms with van der Waals surface area (Å²) in [6.45, 7) is 1.50. The number of carbonyl (C=O) groups excluding carboxylic acids is 3. The molecule has 0 aliphatic heterocycles. The summed E-state index contributed by atoms with van der Waals surface area (Å²) in [6, 6.07) is 8.24. The average molecular weight is 478 g/mol. The van der Waals surface area contributed by atoms with Crippen molar-refractivity contribution < 1.29 is 41.1 Å². The fourth-order valence-corrected chi connectivity index (χ4v) is 2.93. The molecule has 3 N–H and O–H groups in total. The first-order valence-corrected chi connectivity index (χ1v) is 9.47. The van der Waals surface area contributed by atoms with Crippen LogP contribution in [0.5, 0.6) is 11.5 Å². The minimum atomic E-state index is -4.78. The number of benzene rings is 3. The highest BCUT2D eigenvalue weighted by atomic mass is 19.4. The van der Waals surface area contributed by atoms with Crippen molar-refractivity contribution in [1.82, 2.24) is 0 Å². The molecule has 3 aromatic carbocycles. The summed E-state index contributed by atoms with van der Waals surface area (Å²) < 4.78 is 72.6. The first-order valence-electron chi connectivity index (χ1n) is 9.47. The molecule has 6 nitrogen and oxygen atoms in total. The van der Waals surface area contributed by atoms with E-state index in [0.29, 0.717) is 17.7 Å². The van der Waals surface area contributed by atoms with Crippen molar-refractivity contribution in [2.24, 2.45) is 5.73 Å². The van der Waals surface area contributed by atoms with E-state index in [1.165, 1.54) is 13.0 Å². The van der Waals surface area contributed by atoms with Crippen LogP contribution in [-0.4, -0.2) is 17.6 Å². The Morgan fingerprint density at radius 2 is 1.56 bits per heavy atom. The fourth-order valence-electron chi connectivity index (χ4n) is 2.93. The number of nitrogens with one attached hydrogen (secondary N) is 1. The molecule has 11 heteroatoms. The van der Waals surface area contributed by atoms with Gasteiger partial charge >= 0.3 is 6.18 Å². The lowest BCUT2D eigenvalue weighted by molar-refractivity contribution is -0.137. The van der Waals surface area contributed by atoms with Crippen LogP contribution in [0.25, 0.3) is 0 Å². The summed E-state index contributed by atoms with van der Waals surface area (Å²) in [4.78, 5) is 35.7. The molecule has 0 spiro atoms. The Balaban J connectivity index is 2.01. The third-order valence-corrected chi connectivity index (χ3v) is 4.60. The number of ether oxygens (including phenoxy) is 1. The van der Waals surface area contributed by atoms with Gasteiger partial charge in [0, 0.05) is 5.69 Å². The lowest BCUT2D eigenvalue weighted by atomic mass is 10.1. The minimum absolute atomic E-state index is 0.0892.